The number of benzene rings is 2. The average molecular weight is 400 g/mol. The van der Waals surface area contributed by atoms with Crippen molar-refractivity contribution in [2.75, 3.05) is 18.5 Å². The Morgan fingerprint density at radius 2 is 2.00 bits per heavy atom. The molecule has 0 saturated carbocycles. The molecule has 152 valence electrons. The van der Waals surface area contributed by atoms with Crippen LogP contribution in [0.2, 0.25) is 0 Å². The molecule has 1 atom stereocenters. The van der Waals surface area contributed by atoms with Crippen LogP contribution in [0.1, 0.15) is 18.9 Å². The Kier molecular flexibility index (Phi) is 6.43. The molecule has 1 N–H and O–H groups in total. The zero-order valence-corrected chi connectivity index (χ0v) is 15.9. The lowest BCUT2D eigenvalue weighted by atomic mass is 10.1. The van der Waals surface area contributed by atoms with Crippen molar-refractivity contribution in [3.63, 3.8) is 0 Å². The van der Waals surface area contributed by atoms with E-state index in [2.05, 4.69) is 5.32 Å². The Balaban J connectivity index is 1.50. The van der Waals surface area contributed by atoms with E-state index in [1.165, 1.54) is 17.0 Å². The number of halogens is 1. The van der Waals surface area contributed by atoms with Crippen molar-refractivity contribution in [1.29, 1.82) is 0 Å². The number of nitrogens with zero attached hydrogens (tertiary/aromatic N) is 1. The van der Waals surface area contributed by atoms with Crippen LogP contribution in [0.3, 0.4) is 0 Å². The molecule has 0 aliphatic carbocycles. The summed E-state index contributed by atoms with van der Waals surface area (Å²) in [5.74, 6) is -1.50. The number of hydrogen-bond donors (Lipinski definition) is 1. The predicted molar refractivity (Wildman–Crippen MR) is 103 cm³/mol. The monoisotopic (exact) mass is 400 g/mol. The number of para-hydroxylation sites is 2. The van der Waals surface area contributed by atoms with Crippen molar-refractivity contribution < 1.29 is 28.2 Å². The fourth-order valence-corrected chi connectivity index (χ4v) is 2.90. The van der Waals surface area contributed by atoms with Gasteiger partial charge in [0.2, 0.25) is 0 Å². The van der Waals surface area contributed by atoms with E-state index >= 15 is 0 Å². The zero-order chi connectivity index (χ0) is 20.8. The summed E-state index contributed by atoms with van der Waals surface area (Å²) in [6.45, 7) is 1.89. The number of nitrogens with one attached hydrogen (secondary N) is 1. The number of carbonyl (C=O) groups excluding carboxylic acids is 3. The molecule has 0 aromatic heterocycles. The van der Waals surface area contributed by atoms with E-state index in [1.807, 2.05) is 0 Å². The van der Waals surface area contributed by atoms with Crippen LogP contribution in [0.15, 0.2) is 48.5 Å². The van der Waals surface area contributed by atoms with Crippen LogP contribution >= 0.6 is 0 Å². The third kappa shape index (κ3) is 5.31. The second-order valence-electron chi connectivity index (χ2n) is 6.49. The smallest absolute Gasteiger partial charge is 0.310 e. The third-order valence-corrected chi connectivity index (χ3v) is 4.41. The van der Waals surface area contributed by atoms with Crippen LogP contribution in [-0.4, -0.2) is 41.9 Å². The lowest BCUT2D eigenvalue weighted by Crippen LogP contribution is -2.39. The van der Waals surface area contributed by atoms with E-state index in [0.29, 0.717) is 23.5 Å². The molecule has 1 aliphatic heterocycles. The van der Waals surface area contributed by atoms with Gasteiger partial charge in [0.15, 0.2) is 12.7 Å². The first-order chi connectivity index (χ1) is 14.0. The highest BCUT2D eigenvalue weighted by Gasteiger charge is 2.30. The fourth-order valence-electron chi connectivity index (χ4n) is 2.90. The van der Waals surface area contributed by atoms with Gasteiger partial charge in [-0.15, -0.1) is 0 Å². The third-order valence-electron chi connectivity index (χ3n) is 4.41. The topological polar surface area (TPSA) is 84.9 Å². The second kappa shape index (κ2) is 9.18. The maximum Gasteiger partial charge on any atom is 0.310 e. The van der Waals surface area contributed by atoms with Crippen LogP contribution in [0.5, 0.6) is 5.75 Å². The van der Waals surface area contributed by atoms with Crippen LogP contribution in [0.4, 0.5) is 10.1 Å². The molecular formula is C21H21FN2O5. The van der Waals surface area contributed by atoms with E-state index in [-0.39, 0.29) is 18.8 Å². The molecule has 0 unspecified atom stereocenters. The van der Waals surface area contributed by atoms with Crippen LogP contribution in [-0.2, 0) is 25.7 Å². The minimum absolute atomic E-state index is 0.204. The van der Waals surface area contributed by atoms with E-state index in [0.717, 1.165) is 0 Å². The van der Waals surface area contributed by atoms with Gasteiger partial charge < -0.3 is 19.7 Å². The van der Waals surface area contributed by atoms with Gasteiger partial charge in [-0.1, -0.05) is 24.3 Å². The van der Waals surface area contributed by atoms with Crippen LogP contribution in [0, 0.1) is 5.82 Å². The fraction of sp³-hybridized carbons (Fsp3) is 0.286. The molecule has 2 aromatic carbocycles. The number of carbonyl (C=O) groups is 3. The van der Waals surface area contributed by atoms with Gasteiger partial charge in [-0.25, -0.2) is 4.39 Å². The molecule has 1 heterocycles. The molecule has 1 aliphatic rings. The molecule has 0 spiro atoms. The van der Waals surface area contributed by atoms with E-state index in [1.54, 1.807) is 43.3 Å². The van der Waals surface area contributed by atoms with Crippen molar-refractivity contribution in [1.82, 2.24) is 4.90 Å². The quantitative estimate of drug-likeness (QED) is 0.722. The van der Waals surface area contributed by atoms with Crippen LogP contribution in [0.25, 0.3) is 0 Å². The predicted octanol–water partition coefficient (Wildman–Crippen LogP) is 2.51. The summed E-state index contributed by atoms with van der Waals surface area (Å²) >= 11 is 0. The first-order valence-electron chi connectivity index (χ1n) is 9.20. The van der Waals surface area contributed by atoms with Gasteiger partial charge in [0.25, 0.3) is 11.8 Å². The van der Waals surface area contributed by atoms with E-state index in [9.17, 15) is 18.8 Å². The van der Waals surface area contributed by atoms with Gasteiger partial charge in [0.05, 0.1) is 12.1 Å². The Bertz CT molecular complexity index is 917. The van der Waals surface area contributed by atoms with Gasteiger partial charge in [-0.05, 0) is 36.8 Å². The number of hydrogen-bond acceptors (Lipinski definition) is 5. The minimum atomic E-state index is -1.03. The Morgan fingerprint density at radius 3 is 2.76 bits per heavy atom. The molecule has 3 rings (SSSR count). The Hall–Kier alpha value is -3.42. The summed E-state index contributed by atoms with van der Waals surface area (Å²) < 4.78 is 23.9. The van der Waals surface area contributed by atoms with Crippen molar-refractivity contribution in [2.45, 2.75) is 26.0 Å². The highest BCUT2D eigenvalue weighted by atomic mass is 19.1. The number of amides is 2. The molecule has 0 fully saturated rings. The van der Waals surface area contributed by atoms with E-state index in [4.69, 9.17) is 9.47 Å². The number of esters is 1. The number of ether oxygens (including phenoxy) is 2. The summed E-state index contributed by atoms with van der Waals surface area (Å²) in [4.78, 5) is 37.9. The SMILES string of the molecule is CCN(Cc1cccc(F)c1)C(=O)COC(=O)C[C@H]1Oc2ccccc2NC1=O. The number of anilines is 1. The molecule has 2 amide bonds. The zero-order valence-electron chi connectivity index (χ0n) is 15.9. The number of rotatable bonds is 7. The lowest BCUT2D eigenvalue weighted by molar-refractivity contribution is -0.154. The van der Waals surface area contributed by atoms with Gasteiger partial charge >= 0.3 is 5.97 Å². The number of likely N-dealkylation sites (N-methyl/N-ethyl adjacent to an activating group) is 1. The molecular weight excluding hydrogens is 379 g/mol. The normalized spacial score (nSPS) is 15.0. The molecule has 0 radical (unpaired) electrons. The van der Waals surface area contributed by atoms with Gasteiger partial charge in [-0.2, -0.15) is 0 Å². The van der Waals surface area contributed by atoms with Gasteiger partial charge in [0.1, 0.15) is 11.6 Å². The summed E-state index contributed by atoms with van der Waals surface area (Å²) in [5.41, 5.74) is 1.17. The Morgan fingerprint density at radius 1 is 1.21 bits per heavy atom. The van der Waals surface area contributed by atoms with Crippen molar-refractivity contribution in [3.8, 4) is 5.75 Å². The van der Waals surface area contributed by atoms with Crippen molar-refractivity contribution in [2.24, 2.45) is 0 Å². The molecule has 0 saturated heterocycles. The summed E-state index contributed by atoms with van der Waals surface area (Å²) in [5, 5.41) is 2.66. The maximum absolute atomic E-state index is 13.3. The van der Waals surface area contributed by atoms with E-state index < -0.39 is 30.5 Å². The second-order valence-corrected chi connectivity index (χ2v) is 6.49. The van der Waals surface area contributed by atoms with Gasteiger partial charge in [0, 0.05) is 13.1 Å². The molecule has 0 bridgehead atoms. The largest absolute Gasteiger partial charge is 0.478 e. The summed E-state index contributed by atoms with van der Waals surface area (Å²) in [6, 6.07) is 12.8. The standard InChI is InChI=1S/C21H21FN2O5/c1-2-24(12-14-6-5-7-15(22)10-14)19(25)13-28-20(26)11-18-21(27)23-16-8-3-4-9-17(16)29-18/h3-10,18H,2,11-13H2,1H3,(H,23,27)/t18-/m1/s1. The average Bonchev–Trinajstić information content (AvgIpc) is 2.71. The van der Waals surface area contributed by atoms with Crippen molar-refractivity contribution in [3.05, 3.63) is 59.9 Å². The Labute approximate surface area is 167 Å². The lowest BCUT2D eigenvalue weighted by Gasteiger charge is -2.25. The summed E-state index contributed by atoms with van der Waals surface area (Å²) in [6.07, 6.45) is -1.34. The highest BCUT2D eigenvalue weighted by molar-refractivity contribution is 5.99. The molecule has 2 aromatic rings. The minimum Gasteiger partial charge on any atom is -0.478 e. The van der Waals surface area contributed by atoms with Gasteiger partial charge in [-0.3, -0.25) is 14.4 Å². The molecule has 7 nitrogen and oxygen atoms in total. The van der Waals surface area contributed by atoms with Crippen molar-refractivity contribution >= 4 is 23.5 Å². The summed E-state index contributed by atoms with van der Waals surface area (Å²) in [7, 11) is 0. The highest BCUT2D eigenvalue weighted by Crippen LogP contribution is 2.29. The molecule has 8 heteroatoms. The van der Waals surface area contributed by atoms with Crippen LogP contribution < -0.4 is 10.1 Å². The maximum atomic E-state index is 13.3. The molecule has 29 heavy (non-hydrogen) atoms. The first-order valence-corrected chi connectivity index (χ1v) is 9.20. The first kappa shape index (κ1) is 20.3. The number of fused-ring (bicyclic) bond motifs is 1.